The van der Waals surface area contributed by atoms with Crippen LogP contribution in [0.2, 0.25) is 0 Å². The molecule has 0 saturated heterocycles. The Bertz CT molecular complexity index is 548. The molecule has 2 aromatic rings. The lowest BCUT2D eigenvalue weighted by atomic mass is 9.98. The topological polar surface area (TPSA) is 38.6 Å². The van der Waals surface area contributed by atoms with Crippen molar-refractivity contribution >= 4 is 16.3 Å². The van der Waals surface area contributed by atoms with E-state index in [9.17, 15) is 0 Å². The fourth-order valence-corrected chi connectivity index (χ4v) is 3.76. The molecule has 1 aliphatic carbocycles. The van der Waals surface area contributed by atoms with E-state index < -0.39 is 0 Å². The number of hydrogen-bond donors (Lipinski definition) is 1. The van der Waals surface area contributed by atoms with Crippen molar-refractivity contribution in [3.05, 3.63) is 17.3 Å². The Kier molecular flexibility index (Phi) is 3.75. The molecular weight excluding hydrogens is 258 g/mol. The SMILES string of the molecule is COc1nc2sccn2c1CNCC1CCCC1C. The molecule has 0 aromatic carbocycles. The zero-order chi connectivity index (χ0) is 13.2. The summed E-state index contributed by atoms with van der Waals surface area (Å²) in [5.74, 6) is 2.44. The van der Waals surface area contributed by atoms with Crippen LogP contribution in [-0.4, -0.2) is 23.0 Å². The first-order valence-electron chi connectivity index (χ1n) is 6.98. The Labute approximate surface area is 117 Å². The summed E-state index contributed by atoms with van der Waals surface area (Å²) < 4.78 is 7.49. The van der Waals surface area contributed by atoms with Crippen LogP contribution in [0.4, 0.5) is 0 Å². The Balaban J connectivity index is 1.65. The Morgan fingerprint density at radius 3 is 3.16 bits per heavy atom. The number of thiazole rings is 1. The van der Waals surface area contributed by atoms with Gasteiger partial charge in [0.1, 0.15) is 5.69 Å². The lowest BCUT2D eigenvalue weighted by Crippen LogP contribution is -2.24. The summed E-state index contributed by atoms with van der Waals surface area (Å²) in [6.07, 6.45) is 6.20. The number of rotatable bonds is 5. The fraction of sp³-hybridized carbons (Fsp3) is 0.643. The van der Waals surface area contributed by atoms with Crippen LogP contribution >= 0.6 is 11.3 Å². The summed E-state index contributed by atoms with van der Waals surface area (Å²) in [5, 5.41) is 5.64. The minimum Gasteiger partial charge on any atom is -0.480 e. The largest absolute Gasteiger partial charge is 0.480 e. The smallest absolute Gasteiger partial charge is 0.237 e. The number of fused-ring (bicyclic) bond motifs is 1. The third-order valence-corrected chi connectivity index (χ3v) is 5.01. The van der Waals surface area contributed by atoms with Crippen molar-refractivity contribution in [1.29, 1.82) is 0 Å². The van der Waals surface area contributed by atoms with Crippen molar-refractivity contribution in [2.75, 3.05) is 13.7 Å². The van der Waals surface area contributed by atoms with Crippen LogP contribution < -0.4 is 10.1 Å². The predicted molar refractivity (Wildman–Crippen MR) is 77.8 cm³/mol. The molecule has 2 heterocycles. The van der Waals surface area contributed by atoms with E-state index in [4.69, 9.17) is 4.74 Å². The van der Waals surface area contributed by atoms with Crippen molar-refractivity contribution in [3.63, 3.8) is 0 Å². The highest BCUT2D eigenvalue weighted by atomic mass is 32.1. The second-order valence-electron chi connectivity index (χ2n) is 5.42. The molecule has 1 saturated carbocycles. The maximum atomic E-state index is 5.37. The molecule has 1 aliphatic rings. The molecule has 5 heteroatoms. The number of hydrogen-bond acceptors (Lipinski definition) is 4. The average Bonchev–Trinajstić information content (AvgIpc) is 3.07. The third-order valence-electron chi connectivity index (χ3n) is 4.26. The van der Waals surface area contributed by atoms with Crippen LogP contribution in [-0.2, 0) is 6.54 Å². The quantitative estimate of drug-likeness (QED) is 0.914. The van der Waals surface area contributed by atoms with Gasteiger partial charge in [-0.1, -0.05) is 19.8 Å². The van der Waals surface area contributed by atoms with Gasteiger partial charge in [0.2, 0.25) is 5.88 Å². The first kappa shape index (κ1) is 12.9. The molecule has 0 bridgehead atoms. The van der Waals surface area contributed by atoms with E-state index in [1.807, 2.05) is 0 Å². The molecule has 104 valence electrons. The Morgan fingerprint density at radius 1 is 1.53 bits per heavy atom. The van der Waals surface area contributed by atoms with E-state index in [2.05, 4.69) is 33.2 Å². The molecule has 19 heavy (non-hydrogen) atoms. The van der Waals surface area contributed by atoms with E-state index in [-0.39, 0.29) is 0 Å². The number of nitrogens with one attached hydrogen (secondary N) is 1. The van der Waals surface area contributed by atoms with Crippen LogP contribution in [0.5, 0.6) is 5.88 Å². The highest BCUT2D eigenvalue weighted by molar-refractivity contribution is 7.15. The van der Waals surface area contributed by atoms with Gasteiger partial charge in [-0.3, -0.25) is 4.40 Å². The van der Waals surface area contributed by atoms with Gasteiger partial charge in [0.15, 0.2) is 4.96 Å². The van der Waals surface area contributed by atoms with E-state index in [0.717, 1.165) is 41.5 Å². The number of imidazole rings is 1. The van der Waals surface area contributed by atoms with Gasteiger partial charge in [-0.05, 0) is 24.8 Å². The normalized spacial score (nSPS) is 23.3. The lowest BCUT2D eigenvalue weighted by molar-refractivity contribution is 0.377. The molecule has 1 N–H and O–H groups in total. The second kappa shape index (κ2) is 5.51. The number of nitrogens with zero attached hydrogens (tertiary/aromatic N) is 2. The lowest BCUT2D eigenvalue weighted by Gasteiger charge is -2.15. The number of ether oxygens (including phenoxy) is 1. The molecular formula is C14H21N3OS. The molecule has 2 aromatic heterocycles. The fourth-order valence-electron chi connectivity index (χ4n) is 3.04. The molecule has 1 fully saturated rings. The summed E-state index contributed by atoms with van der Waals surface area (Å²) in [7, 11) is 1.69. The summed E-state index contributed by atoms with van der Waals surface area (Å²) in [4.78, 5) is 5.48. The summed E-state index contributed by atoms with van der Waals surface area (Å²) in [6, 6.07) is 0. The number of methoxy groups -OCH3 is 1. The zero-order valence-electron chi connectivity index (χ0n) is 11.6. The van der Waals surface area contributed by atoms with E-state index in [1.165, 1.54) is 19.3 Å². The first-order valence-corrected chi connectivity index (χ1v) is 7.86. The molecule has 0 amide bonds. The minimum absolute atomic E-state index is 0.749. The van der Waals surface area contributed by atoms with Crippen molar-refractivity contribution in [2.45, 2.75) is 32.7 Å². The van der Waals surface area contributed by atoms with Gasteiger partial charge in [-0.15, -0.1) is 11.3 Å². The van der Waals surface area contributed by atoms with E-state index in [0.29, 0.717) is 0 Å². The standard InChI is InChI=1S/C14H21N3OS/c1-10-4-3-5-11(10)8-15-9-12-13(18-2)16-14-17(12)6-7-19-14/h6-7,10-11,15H,3-5,8-9H2,1-2H3. The Hall–Kier alpha value is -1.07. The van der Waals surface area contributed by atoms with Crippen molar-refractivity contribution in [3.8, 4) is 5.88 Å². The van der Waals surface area contributed by atoms with Gasteiger partial charge < -0.3 is 10.1 Å². The summed E-state index contributed by atoms with van der Waals surface area (Å²) in [5.41, 5.74) is 1.13. The molecule has 2 atom stereocenters. The van der Waals surface area contributed by atoms with Crippen molar-refractivity contribution in [2.24, 2.45) is 11.8 Å². The molecule has 0 spiro atoms. The minimum atomic E-state index is 0.749. The maximum absolute atomic E-state index is 5.37. The predicted octanol–water partition coefficient (Wildman–Crippen LogP) is 2.93. The highest BCUT2D eigenvalue weighted by Crippen LogP contribution is 2.30. The van der Waals surface area contributed by atoms with Gasteiger partial charge in [0.05, 0.1) is 7.11 Å². The third kappa shape index (κ3) is 2.49. The van der Waals surface area contributed by atoms with Crippen LogP contribution in [0.15, 0.2) is 11.6 Å². The molecule has 4 nitrogen and oxygen atoms in total. The van der Waals surface area contributed by atoms with Gasteiger partial charge in [0, 0.05) is 18.1 Å². The monoisotopic (exact) mass is 279 g/mol. The van der Waals surface area contributed by atoms with Crippen LogP contribution in [0, 0.1) is 11.8 Å². The zero-order valence-corrected chi connectivity index (χ0v) is 12.4. The van der Waals surface area contributed by atoms with Gasteiger partial charge in [-0.2, -0.15) is 4.98 Å². The molecule has 2 unspecified atom stereocenters. The summed E-state index contributed by atoms with van der Waals surface area (Å²) in [6.45, 7) is 4.29. The van der Waals surface area contributed by atoms with Gasteiger partial charge >= 0.3 is 0 Å². The highest BCUT2D eigenvalue weighted by Gasteiger charge is 2.23. The maximum Gasteiger partial charge on any atom is 0.237 e. The van der Waals surface area contributed by atoms with Crippen molar-refractivity contribution < 1.29 is 4.74 Å². The summed E-state index contributed by atoms with van der Waals surface area (Å²) >= 11 is 1.64. The first-order chi connectivity index (χ1) is 9.29. The average molecular weight is 279 g/mol. The molecule has 0 aliphatic heterocycles. The van der Waals surface area contributed by atoms with Crippen LogP contribution in [0.1, 0.15) is 31.9 Å². The Morgan fingerprint density at radius 2 is 2.42 bits per heavy atom. The van der Waals surface area contributed by atoms with Crippen molar-refractivity contribution in [1.82, 2.24) is 14.7 Å². The molecule has 3 rings (SSSR count). The molecule has 0 radical (unpaired) electrons. The van der Waals surface area contributed by atoms with E-state index >= 15 is 0 Å². The van der Waals surface area contributed by atoms with E-state index in [1.54, 1.807) is 18.4 Å². The second-order valence-corrected chi connectivity index (χ2v) is 6.30. The van der Waals surface area contributed by atoms with Gasteiger partial charge in [0.25, 0.3) is 0 Å². The van der Waals surface area contributed by atoms with Crippen LogP contribution in [0.25, 0.3) is 4.96 Å². The van der Waals surface area contributed by atoms with Crippen LogP contribution in [0.3, 0.4) is 0 Å². The number of aromatic nitrogens is 2. The van der Waals surface area contributed by atoms with Gasteiger partial charge in [-0.25, -0.2) is 0 Å².